The minimum Gasteiger partial charge on any atom is -1.00 e. The normalized spacial score (nSPS) is 20.0. The van der Waals surface area contributed by atoms with Gasteiger partial charge < -0.3 is 26.4 Å². The fourth-order valence-electron chi connectivity index (χ4n) is 4.42. The van der Waals surface area contributed by atoms with Crippen molar-refractivity contribution in [3.63, 3.8) is 0 Å². The van der Waals surface area contributed by atoms with Crippen LogP contribution in [0.15, 0.2) is 54.1 Å². The van der Waals surface area contributed by atoms with E-state index in [1.807, 2.05) is 0 Å². The van der Waals surface area contributed by atoms with Crippen molar-refractivity contribution in [1.29, 1.82) is 0 Å². The molecule has 0 radical (unpaired) electrons. The largest absolute Gasteiger partial charge is 1.00 e. The molecule has 0 amide bonds. The summed E-state index contributed by atoms with van der Waals surface area (Å²) in [4.78, 5) is 0. The number of benzene rings is 1. The van der Waals surface area contributed by atoms with Crippen LogP contribution in [-0.2, 0) is 16.0 Å². The number of ether oxygens (including phenoxy) is 2. The maximum absolute atomic E-state index is 6.79. The fraction of sp³-hybridized carbons (Fsp3) is 0.630. The Morgan fingerprint density at radius 1 is 1.03 bits per heavy atom. The van der Waals surface area contributed by atoms with Gasteiger partial charge in [0.1, 0.15) is 13.1 Å². The molecule has 176 valence electrons. The molecule has 0 saturated carbocycles. The summed E-state index contributed by atoms with van der Waals surface area (Å²) in [5.41, 5.74) is 2.50. The molecule has 1 aliphatic carbocycles. The second kappa shape index (κ2) is 12.8. The van der Waals surface area contributed by atoms with Gasteiger partial charge in [0.05, 0.1) is 19.7 Å². The molecule has 1 aromatic rings. The highest BCUT2D eigenvalue weighted by Crippen LogP contribution is 2.34. The molecule has 2 atom stereocenters. The maximum Gasteiger partial charge on any atom is 0.208 e. The van der Waals surface area contributed by atoms with Gasteiger partial charge in [0.15, 0.2) is 0 Å². The smallest absolute Gasteiger partial charge is 0.208 e. The van der Waals surface area contributed by atoms with Crippen LogP contribution in [-0.4, -0.2) is 43.6 Å². The zero-order valence-corrected chi connectivity index (χ0v) is 21.5. The lowest BCUT2D eigenvalue weighted by atomic mass is 9.83. The number of quaternary nitrogens is 1. The van der Waals surface area contributed by atoms with Crippen molar-refractivity contribution in [3.05, 3.63) is 59.7 Å². The average molecular weight is 450 g/mol. The van der Waals surface area contributed by atoms with Gasteiger partial charge >= 0.3 is 0 Å². The summed E-state index contributed by atoms with van der Waals surface area (Å²) < 4.78 is 13.7. The van der Waals surface area contributed by atoms with Crippen LogP contribution in [0.25, 0.3) is 0 Å². The molecule has 1 aliphatic rings. The molecular weight excluding hydrogens is 406 g/mol. The van der Waals surface area contributed by atoms with Crippen LogP contribution in [0.1, 0.15) is 59.4 Å². The Hall–Kier alpha value is -1.13. The van der Waals surface area contributed by atoms with E-state index in [1.165, 1.54) is 11.1 Å². The summed E-state index contributed by atoms with van der Waals surface area (Å²) in [5, 5.41) is 0. The van der Waals surface area contributed by atoms with E-state index in [4.69, 9.17) is 9.47 Å². The number of allylic oxidation sites excluding steroid dienone is 2. The van der Waals surface area contributed by atoms with E-state index >= 15 is 0 Å². The van der Waals surface area contributed by atoms with E-state index in [9.17, 15) is 0 Å². The molecule has 2 rings (SSSR count). The first-order valence-electron chi connectivity index (χ1n) is 11.7. The molecule has 4 heteroatoms. The minimum absolute atomic E-state index is 0. The maximum atomic E-state index is 6.79. The summed E-state index contributed by atoms with van der Waals surface area (Å²) in [6, 6.07) is 10.7. The van der Waals surface area contributed by atoms with E-state index < -0.39 is 0 Å². The molecule has 31 heavy (non-hydrogen) atoms. The van der Waals surface area contributed by atoms with Crippen LogP contribution in [0.4, 0.5) is 0 Å². The van der Waals surface area contributed by atoms with Gasteiger partial charge in [-0.3, -0.25) is 0 Å². The van der Waals surface area contributed by atoms with Crippen molar-refractivity contribution < 1.29 is 26.4 Å². The summed E-state index contributed by atoms with van der Waals surface area (Å²) in [7, 11) is 4.52. The highest BCUT2D eigenvalue weighted by molar-refractivity contribution is 5.28. The molecule has 1 aromatic carbocycles. The van der Waals surface area contributed by atoms with Gasteiger partial charge in [0, 0.05) is 12.2 Å². The van der Waals surface area contributed by atoms with Gasteiger partial charge in [0.25, 0.3) is 0 Å². The highest BCUT2D eigenvalue weighted by atomic mass is 35.5. The third kappa shape index (κ3) is 9.91. The van der Waals surface area contributed by atoms with Crippen LogP contribution >= 0.6 is 0 Å². The molecule has 0 fully saturated rings. The van der Waals surface area contributed by atoms with E-state index in [0.717, 1.165) is 36.8 Å². The lowest BCUT2D eigenvalue weighted by Gasteiger charge is -2.40. The Bertz CT molecular complexity index is 696. The predicted octanol–water partition coefficient (Wildman–Crippen LogP) is 3.36. The first-order valence-corrected chi connectivity index (χ1v) is 11.7. The van der Waals surface area contributed by atoms with Crippen LogP contribution in [0.5, 0.6) is 0 Å². The van der Waals surface area contributed by atoms with E-state index in [-0.39, 0.29) is 24.3 Å². The predicted molar refractivity (Wildman–Crippen MR) is 127 cm³/mol. The topological polar surface area (TPSA) is 18.5 Å². The summed E-state index contributed by atoms with van der Waals surface area (Å²) in [5.74, 6) is 1.23. The Morgan fingerprint density at radius 2 is 1.71 bits per heavy atom. The van der Waals surface area contributed by atoms with Crippen molar-refractivity contribution >= 4 is 0 Å². The first kappa shape index (κ1) is 27.9. The van der Waals surface area contributed by atoms with Crippen LogP contribution in [0.2, 0.25) is 0 Å². The van der Waals surface area contributed by atoms with E-state index in [1.54, 1.807) is 0 Å². The number of hydrogen-bond donors (Lipinski definition) is 0. The van der Waals surface area contributed by atoms with Crippen molar-refractivity contribution in [2.45, 2.75) is 72.3 Å². The Labute approximate surface area is 197 Å². The number of halogens is 1. The molecule has 0 aliphatic heterocycles. The second-order valence-corrected chi connectivity index (χ2v) is 10.3. The van der Waals surface area contributed by atoms with Gasteiger partial charge in [-0.25, -0.2) is 0 Å². The van der Waals surface area contributed by atoms with Crippen LogP contribution in [0, 0.1) is 11.8 Å². The monoisotopic (exact) mass is 449 g/mol. The molecule has 0 spiro atoms. The third-order valence-electron chi connectivity index (χ3n) is 5.52. The summed E-state index contributed by atoms with van der Waals surface area (Å²) in [6.07, 6.45) is 9.83. The quantitative estimate of drug-likeness (QED) is 0.360. The lowest BCUT2D eigenvalue weighted by molar-refractivity contribution is -0.909. The first-order chi connectivity index (χ1) is 14.1. The SMILES string of the molecule is CCOC(C[N+](C)(C)Cc1ccccc1)OC1(CC(C)C)C=CC(CC(C)C)=CC1.[Cl-]. The summed E-state index contributed by atoms with van der Waals surface area (Å²) >= 11 is 0. The number of rotatable bonds is 12. The summed E-state index contributed by atoms with van der Waals surface area (Å²) in [6.45, 7) is 13.6. The van der Waals surface area contributed by atoms with Crippen molar-refractivity contribution in [2.24, 2.45) is 11.8 Å². The fourth-order valence-corrected chi connectivity index (χ4v) is 4.42. The molecule has 0 bridgehead atoms. The standard InChI is InChI=1S/C27H44NO2.ClH/c1-8-29-26(21-28(6,7)20-25-12-10-9-11-13-25)30-27(19-23(4)5)16-14-24(15-17-27)18-22(2)3;/h9-16,22-23,26H,8,17-21H2,1-7H3;1H/q+1;/p-1. The Balaban J connectivity index is 0.00000480. The average Bonchev–Trinajstić information content (AvgIpc) is 2.63. The zero-order chi connectivity index (χ0) is 22.2. The Morgan fingerprint density at radius 3 is 2.23 bits per heavy atom. The van der Waals surface area contributed by atoms with Crippen molar-refractivity contribution in [1.82, 2.24) is 0 Å². The Kier molecular flexibility index (Phi) is 11.5. The van der Waals surface area contributed by atoms with Gasteiger partial charge in [-0.1, -0.05) is 81.8 Å². The molecule has 0 N–H and O–H groups in total. The number of hydrogen-bond acceptors (Lipinski definition) is 2. The molecule has 0 heterocycles. The van der Waals surface area contributed by atoms with Gasteiger partial charge in [-0.2, -0.15) is 0 Å². The lowest BCUT2D eigenvalue weighted by Crippen LogP contribution is -3.00. The minimum atomic E-state index is -0.277. The van der Waals surface area contributed by atoms with Gasteiger partial charge in [-0.05, 0) is 38.0 Å². The molecule has 0 aromatic heterocycles. The molecule has 2 unspecified atom stereocenters. The molecular formula is C27H44ClNO2. The zero-order valence-electron chi connectivity index (χ0n) is 20.7. The van der Waals surface area contributed by atoms with E-state index in [2.05, 4.69) is 97.3 Å². The number of nitrogens with zero attached hydrogens (tertiary/aromatic N) is 1. The van der Waals surface area contributed by atoms with Crippen LogP contribution in [0.3, 0.4) is 0 Å². The van der Waals surface area contributed by atoms with Gasteiger partial charge in [-0.15, -0.1) is 0 Å². The molecule has 0 saturated heterocycles. The van der Waals surface area contributed by atoms with Crippen LogP contribution < -0.4 is 12.4 Å². The third-order valence-corrected chi connectivity index (χ3v) is 5.52. The second-order valence-electron chi connectivity index (χ2n) is 10.3. The highest BCUT2D eigenvalue weighted by Gasteiger charge is 2.36. The van der Waals surface area contributed by atoms with E-state index in [0.29, 0.717) is 18.4 Å². The van der Waals surface area contributed by atoms with Crippen molar-refractivity contribution in [2.75, 3.05) is 27.2 Å². The molecule has 3 nitrogen and oxygen atoms in total. The van der Waals surface area contributed by atoms with Crippen molar-refractivity contribution in [3.8, 4) is 0 Å². The number of likely N-dealkylation sites (N-methyl/N-ethyl adjacent to an activating group) is 1. The van der Waals surface area contributed by atoms with Gasteiger partial charge in [0.2, 0.25) is 6.29 Å².